The Hall–Kier alpha value is -2.51. The second kappa shape index (κ2) is 8.24. The first kappa shape index (κ1) is 18.8. The largest absolute Gasteiger partial charge is 0.497 e. The van der Waals surface area contributed by atoms with Gasteiger partial charge in [-0.15, -0.1) is 11.3 Å². The number of hydrogen-bond donors (Lipinski definition) is 1. The van der Waals surface area contributed by atoms with Gasteiger partial charge in [-0.2, -0.15) is 5.10 Å². The van der Waals surface area contributed by atoms with Crippen LogP contribution in [0.2, 0.25) is 0 Å². The molecule has 0 bridgehead atoms. The van der Waals surface area contributed by atoms with Gasteiger partial charge in [-0.05, 0) is 43.5 Å². The number of rotatable bonds is 5. The summed E-state index contributed by atoms with van der Waals surface area (Å²) in [7, 11) is 1.66. The van der Waals surface area contributed by atoms with Gasteiger partial charge in [0.15, 0.2) is 5.17 Å². The number of amidine groups is 1. The molecule has 1 aliphatic rings. The van der Waals surface area contributed by atoms with Crippen molar-refractivity contribution in [1.29, 1.82) is 0 Å². The highest BCUT2D eigenvalue weighted by atomic mass is 32.2. The minimum Gasteiger partial charge on any atom is -0.497 e. The highest BCUT2D eigenvalue weighted by molar-refractivity contribution is 8.14. The molecule has 0 saturated heterocycles. The fourth-order valence-corrected chi connectivity index (χ4v) is 4.67. The maximum Gasteiger partial charge on any atom is 0.182 e. The number of thiophene rings is 1. The third-order valence-electron chi connectivity index (χ3n) is 4.69. The van der Waals surface area contributed by atoms with E-state index in [1.54, 1.807) is 30.2 Å². The standard InChI is InChI=1S/C21H22N4OS2/c1-14-10-19(15(2)25(14)12-18-8-5-9-27-18)20-13-28-21(24-23-20)22-16-6-4-7-17(11-16)26-3/h4-11H,12-13H2,1-3H3,(H,22,24). The Balaban J connectivity index is 1.53. The van der Waals surface area contributed by atoms with Crippen LogP contribution in [0.1, 0.15) is 21.8 Å². The Kier molecular flexibility index (Phi) is 5.54. The highest BCUT2D eigenvalue weighted by Crippen LogP contribution is 2.25. The van der Waals surface area contributed by atoms with Crippen LogP contribution in [0.3, 0.4) is 0 Å². The summed E-state index contributed by atoms with van der Waals surface area (Å²) in [6, 6.07) is 14.2. The van der Waals surface area contributed by atoms with Gasteiger partial charge in [0.2, 0.25) is 0 Å². The molecule has 144 valence electrons. The lowest BCUT2D eigenvalue weighted by molar-refractivity contribution is 0.415. The SMILES string of the molecule is COc1cccc(N=C2NN=C(c3cc(C)n(Cc4cccs4)c3C)CS2)c1. The van der Waals surface area contributed by atoms with Crippen LogP contribution in [0.25, 0.3) is 0 Å². The van der Waals surface area contributed by atoms with E-state index in [1.165, 1.54) is 21.8 Å². The van der Waals surface area contributed by atoms with E-state index in [0.717, 1.165) is 34.6 Å². The molecule has 1 aromatic carbocycles. The summed E-state index contributed by atoms with van der Waals surface area (Å²) < 4.78 is 7.61. The molecule has 28 heavy (non-hydrogen) atoms. The Morgan fingerprint density at radius 1 is 1.21 bits per heavy atom. The number of nitrogens with zero attached hydrogens (tertiary/aromatic N) is 3. The fraction of sp³-hybridized carbons (Fsp3) is 0.238. The van der Waals surface area contributed by atoms with E-state index < -0.39 is 0 Å². The Morgan fingerprint density at radius 3 is 2.82 bits per heavy atom. The van der Waals surface area contributed by atoms with Crippen LogP contribution in [0, 0.1) is 13.8 Å². The smallest absolute Gasteiger partial charge is 0.182 e. The number of thioether (sulfide) groups is 1. The fourth-order valence-electron chi connectivity index (χ4n) is 3.20. The number of aromatic nitrogens is 1. The summed E-state index contributed by atoms with van der Waals surface area (Å²) in [6.45, 7) is 5.23. The molecule has 3 aromatic rings. The molecule has 0 aliphatic carbocycles. The molecule has 0 unspecified atom stereocenters. The van der Waals surface area contributed by atoms with E-state index in [4.69, 9.17) is 4.74 Å². The number of hydrazone groups is 1. The average molecular weight is 411 g/mol. The lowest BCUT2D eigenvalue weighted by Crippen LogP contribution is -2.25. The Bertz CT molecular complexity index is 1030. The van der Waals surface area contributed by atoms with Crippen molar-refractivity contribution in [3.8, 4) is 5.75 Å². The molecule has 0 atom stereocenters. The van der Waals surface area contributed by atoms with Crippen molar-refractivity contribution in [2.45, 2.75) is 20.4 Å². The summed E-state index contributed by atoms with van der Waals surface area (Å²) in [5.74, 6) is 1.59. The second-order valence-corrected chi connectivity index (χ2v) is 8.52. The molecule has 0 amide bonds. The molecule has 0 fully saturated rings. The van der Waals surface area contributed by atoms with Gasteiger partial charge in [0.1, 0.15) is 5.75 Å². The third kappa shape index (κ3) is 4.00. The summed E-state index contributed by atoms with van der Waals surface area (Å²) >= 11 is 3.46. The molecule has 0 saturated carbocycles. The zero-order valence-corrected chi connectivity index (χ0v) is 17.7. The van der Waals surface area contributed by atoms with Crippen LogP contribution in [0.15, 0.2) is 57.9 Å². The Morgan fingerprint density at radius 2 is 2.11 bits per heavy atom. The molecule has 2 aromatic heterocycles. The van der Waals surface area contributed by atoms with Crippen molar-refractivity contribution < 1.29 is 4.74 Å². The number of benzene rings is 1. The highest BCUT2D eigenvalue weighted by Gasteiger charge is 2.19. The maximum atomic E-state index is 5.26. The van der Waals surface area contributed by atoms with E-state index >= 15 is 0 Å². The van der Waals surface area contributed by atoms with Crippen molar-refractivity contribution in [1.82, 2.24) is 9.99 Å². The molecule has 4 rings (SSSR count). The number of aryl methyl sites for hydroxylation is 1. The lowest BCUT2D eigenvalue weighted by Gasteiger charge is -2.15. The molecule has 7 heteroatoms. The summed E-state index contributed by atoms with van der Waals surface area (Å²) in [4.78, 5) is 5.99. The number of hydrogen-bond acceptors (Lipinski definition) is 5. The summed E-state index contributed by atoms with van der Waals surface area (Å²) in [5.41, 5.74) is 8.72. The van der Waals surface area contributed by atoms with Gasteiger partial charge in [-0.1, -0.05) is 23.9 Å². The van der Waals surface area contributed by atoms with Crippen molar-refractivity contribution >= 4 is 39.7 Å². The number of aliphatic imine (C=N–C) groups is 1. The van der Waals surface area contributed by atoms with E-state index in [1.807, 2.05) is 24.3 Å². The molecule has 0 spiro atoms. The molecule has 5 nitrogen and oxygen atoms in total. The number of nitrogens with one attached hydrogen (secondary N) is 1. The first-order chi connectivity index (χ1) is 13.6. The van der Waals surface area contributed by atoms with Crippen LogP contribution >= 0.6 is 23.1 Å². The second-order valence-electron chi connectivity index (χ2n) is 6.53. The van der Waals surface area contributed by atoms with E-state index in [0.29, 0.717) is 0 Å². The van der Waals surface area contributed by atoms with Crippen LogP contribution in [-0.2, 0) is 6.54 Å². The van der Waals surface area contributed by atoms with Gasteiger partial charge in [0.05, 0.1) is 25.1 Å². The quantitative estimate of drug-likeness (QED) is 0.647. The monoisotopic (exact) mass is 410 g/mol. The maximum absolute atomic E-state index is 5.26. The van der Waals surface area contributed by atoms with Gasteiger partial charge in [0, 0.05) is 33.6 Å². The predicted octanol–water partition coefficient (Wildman–Crippen LogP) is 4.95. The van der Waals surface area contributed by atoms with Gasteiger partial charge >= 0.3 is 0 Å². The molecule has 3 heterocycles. The van der Waals surface area contributed by atoms with Gasteiger partial charge < -0.3 is 9.30 Å². The average Bonchev–Trinajstić information content (AvgIpc) is 3.33. The Labute approximate surface area is 173 Å². The van der Waals surface area contributed by atoms with E-state index in [2.05, 4.69) is 57.5 Å². The minimum atomic E-state index is 0.791. The van der Waals surface area contributed by atoms with Crippen LogP contribution in [0.4, 0.5) is 5.69 Å². The molecule has 1 N–H and O–H groups in total. The number of methoxy groups -OCH3 is 1. The predicted molar refractivity (Wildman–Crippen MR) is 120 cm³/mol. The topological polar surface area (TPSA) is 50.9 Å². The third-order valence-corrected chi connectivity index (χ3v) is 6.43. The van der Waals surface area contributed by atoms with Gasteiger partial charge in [0.25, 0.3) is 0 Å². The van der Waals surface area contributed by atoms with Crippen molar-refractivity contribution in [3.05, 3.63) is 69.7 Å². The van der Waals surface area contributed by atoms with Crippen molar-refractivity contribution in [3.63, 3.8) is 0 Å². The zero-order chi connectivity index (χ0) is 19.5. The lowest BCUT2D eigenvalue weighted by atomic mass is 10.1. The van der Waals surface area contributed by atoms with E-state index in [-0.39, 0.29) is 0 Å². The summed E-state index contributed by atoms with van der Waals surface area (Å²) in [6.07, 6.45) is 0. The van der Waals surface area contributed by atoms with Crippen LogP contribution in [-0.4, -0.2) is 28.3 Å². The first-order valence-corrected chi connectivity index (χ1v) is 10.9. The van der Waals surface area contributed by atoms with Crippen molar-refractivity contribution in [2.24, 2.45) is 10.1 Å². The first-order valence-electron chi connectivity index (χ1n) is 9.01. The molecular weight excluding hydrogens is 388 g/mol. The van der Waals surface area contributed by atoms with Gasteiger partial charge in [-0.3, -0.25) is 5.43 Å². The molecule has 0 radical (unpaired) electrons. The van der Waals surface area contributed by atoms with Crippen LogP contribution in [0.5, 0.6) is 5.75 Å². The molecule has 1 aliphatic heterocycles. The van der Waals surface area contributed by atoms with Crippen LogP contribution < -0.4 is 10.2 Å². The van der Waals surface area contributed by atoms with Crippen molar-refractivity contribution in [2.75, 3.05) is 12.9 Å². The van der Waals surface area contributed by atoms with E-state index in [9.17, 15) is 0 Å². The summed E-state index contributed by atoms with van der Waals surface area (Å²) in [5, 5.41) is 7.53. The molecular formula is C21H22N4OS2. The number of ether oxygens (including phenoxy) is 1. The van der Waals surface area contributed by atoms with Gasteiger partial charge in [-0.25, -0.2) is 4.99 Å². The minimum absolute atomic E-state index is 0.791. The normalized spacial score (nSPS) is 15.4. The zero-order valence-electron chi connectivity index (χ0n) is 16.1.